The van der Waals surface area contributed by atoms with Crippen LogP contribution < -0.4 is 10.6 Å². The molecule has 0 aliphatic carbocycles. The molecule has 0 saturated carbocycles. The van der Waals surface area contributed by atoms with Gasteiger partial charge in [0.15, 0.2) is 0 Å². The van der Waals surface area contributed by atoms with Gasteiger partial charge in [0.1, 0.15) is 6.04 Å². The van der Waals surface area contributed by atoms with E-state index in [9.17, 15) is 41.0 Å². The predicted molar refractivity (Wildman–Crippen MR) is 100 cm³/mol. The Morgan fingerprint density at radius 3 is 2.00 bits per heavy atom. The minimum absolute atomic E-state index is 0.117. The predicted octanol–water partition coefficient (Wildman–Crippen LogP) is 4.62. The molecule has 1 heterocycles. The Bertz CT molecular complexity index is 958. The highest BCUT2D eigenvalue weighted by Crippen LogP contribution is 2.36. The summed E-state index contributed by atoms with van der Waals surface area (Å²) in [7, 11) is 0. The SMILES string of the molecule is CC(C)C(NC(=O)N[C@@H](c1ccc(C(F)(F)F)cc1)c1ncccc1C(F)(F)F)C(=O)O. The van der Waals surface area contributed by atoms with Crippen molar-refractivity contribution in [1.29, 1.82) is 0 Å². The van der Waals surface area contributed by atoms with Crippen molar-refractivity contribution >= 4 is 12.0 Å². The molecule has 1 aromatic heterocycles. The van der Waals surface area contributed by atoms with Crippen molar-refractivity contribution in [3.05, 3.63) is 65.0 Å². The summed E-state index contributed by atoms with van der Waals surface area (Å²) in [5.41, 5.74) is -3.02. The number of alkyl halides is 6. The van der Waals surface area contributed by atoms with Crippen LogP contribution in [0.15, 0.2) is 42.6 Å². The maximum atomic E-state index is 13.5. The molecule has 2 aromatic rings. The van der Waals surface area contributed by atoms with Crippen molar-refractivity contribution in [3.63, 3.8) is 0 Å². The van der Waals surface area contributed by atoms with Gasteiger partial charge in [0.2, 0.25) is 0 Å². The molecule has 174 valence electrons. The summed E-state index contributed by atoms with van der Waals surface area (Å²) in [6.07, 6.45) is -8.50. The van der Waals surface area contributed by atoms with Gasteiger partial charge in [-0.15, -0.1) is 0 Å². The Kier molecular flexibility index (Phi) is 7.37. The number of nitrogens with one attached hydrogen (secondary N) is 2. The highest BCUT2D eigenvalue weighted by molar-refractivity contribution is 5.83. The zero-order valence-corrected chi connectivity index (χ0v) is 16.8. The van der Waals surface area contributed by atoms with Gasteiger partial charge in [0.05, 0.1) is 22.9 Å². The molecule has 0 bridgehead atoms. The summed E-state index contributed by atoms with van der Waals surface area (Å²) in [6.45, 7) is 3.01. The van der Waals surface area contributed by atoms with Crippen molar-refractivity contribution < 1.29 is 41.0 Å². The van der Waals surface area contributed by atoms with Crippen LogP contribution in [0.3, 0.4) is 0 Å². The number of carboxylic acids is 1. The van der Waals surface area contributed by atoms with Crippen molar-refractivity contribution in [3.8, 4) is 0 Å². The van der Waals surface area contributed by atoms with Crippen molar-refractivity contribution in [1.82, 2.24) is 15.6 Å². The first-order chi connectivity index (χ1) is 14.7. The lowest BCUT2D eigenvalue weighted by Gasteiger charge is -2.25. The third kappa shape index (κ3) is 6.11. The zero-order chi connectivity index (χ0) is 24.3. The number of carboxylic acid groups (broad SMARTS) is 1. The number of urea groups is 1. The lowest BCUT2D eigenvalue weighted by atomic mass is 9.97. The van der Waals surface area contributed by atoms with E-state index in [2.05, 4.69) is 15.6 Å². The molecule has 2 rings (SSSR count). The number of carbonyl (C=O) groups excluding carboxylic acids is 1. The monoisotopic (exact) mass is 463 g/mol. The van der Waals surface area contributed by atoms with Crippen molar-refractivity contribution in [2.24, 2.45) is 5.92 Å². The molecule has 0 saturated heterocycles. The Morgan fingerprint density at radius 1 is 0.938 bits per heavy atom. The first kappa shape index (κ1) is 25.0. The van der Waals surface area contributed by atoms with Crippen LogP contribution in [0.1, 0.15) is 42.3 Å². The molecule has 0 aliphatic rings. The van der Waals surface area contributed by atoms with E-state index in [1.54, 1.807) is 0 Å². The van der Waals surface area contributed by atoms with E-state index in [0.717, 1.165) is 24.4 Å². The topological polar surface area (TPSA) is 91.3 Å². The number of amides is 2. The van der Waals surface area contributed by atoms with E-state index in [1.807, 2.05) is 0 Å². The molecule has 0 aliphatic heterocycles. The number of aromatic nitrogens is 1. The van der Waals surface area contributed by atoms with Gasteiger partial charge in [0, 0.05) is 6.20 Å². The summed E-state index contributed by atoms with van der Waals surface area (Å²) < 4.78 is 79.1. The van der Waals surface area contributed by atoms with E-state index >= 15 is 0 Å². The van der Waals surface area contributed by atoms with Gasteiger partial charge in [0.25, 0.3) is 0 Å². The molecule has 1 aromatic carbocycles. The number of pyridine rings is 1. The van der Waals surface area contributed by atoms with E-state index in [0.29, 0.717) is 18.2 Å². The third-order valence-corrected chi connectivity index (χ3v) is 4.48. The summed E-state index contributed by atoms with van der Waals surface area (Å²) in [5, 5.41) is 13.6. The quantitative estimate of drug-likeness (QED) is 0.546. The second-order valence-corrected chi connectivity index (χ2v) is 7.16. The third-order valence-electron chi connectivity index (χ3n) is 4.48. The molecular weight excluding hydrogens is 444 g/mol. The van der Waals surface area contributed by atoms with Gasteiger partial charge >= 0.3 is 24.4 Å². The second kappa shape index (κ2) is 9.45. The van der Waals surface area contributed by atoms with E-state index in [-0.39, 0.29) is 5.56 Å². The number of hydrogen-bond donors (Lipinski definition) is 3. The normalized spacial score (nSPS) is 14.0. The maximum absolute atomic E-state index is 13.5. The maximum Gasteiger partial charge on any atom is 0.418 e. The van der Waals surface area contributed by atoms with Crippen LogP contribution in [-0.2, 0) is 17.1 Å². The Hall–Kier alpha value is -3.31. The van der Waals surface area contributed by atoms with Gasteiger partial charge in [-0.2, -0.15) is 26.3 Å². The van der Waals surface area contributed by atoms with Crippen LogP contribution in [-0.4, -0.2) is 28.1 Å². The Labute approximate surface area is 178 Å². The van der Waals surface area contributed by atoms with E-state index in [1.165, 1.54) is 13.8 Å². The number of nitrogens with zero attached hydrogens (tertiary/aromatic N) is 1. The molecule has 1 unspecified atom stereocenters. The highest BCUT2D eigenvalue weighted by Gasteiger charge is 2.38. The van der Waals surface area contributed by atoms with Crippen LogP contribution in [0.2, 0.25) is 0 Å². The van der Waals surface area contributed by atoms with Gasteiger partial charge in [-0.3, -0.25) is 4.98 Å². The van der Waals surface area contributed by atoms with E-state index in [4.69, 9.17) is 0 Å². The molecule has 0 fully saturated rings. The molecule has 2 amide bonds. The Balaban J connectivity index is 2.50. The van der Waals surface area contributed by atoms with Crippen LogP contribution in [0.5, 0.6) is 0 Å². The van der Waals surface area contributed by atoms with Gasteiger partial charge in [-0.1, -0.05) is 26.0 Å². The first-order valence-electron chi connectivity index (χ1n) is 9.21. The molecule has 3 N–H and O–H groups in total. The van der Waals surface area contributed by atoms with Crippen molar-refractivity contribution in [2.75, 3.05) is 0 Å². The molecule has 0 radical (unpaired) electrons. The minimum atomic E-state index is -4.87. The fourth-order valence-corrected chi connectivity index (χ4v) is 2.89. The number of halogens is 6. The average molecular weight is 463 g/mol. The Morgan fingerprint density at radius 2 is 1.53 bits per heavy atom. The second-order valence-electron chi connectivity index (χ2n) is 7.16. The molecule has 2 atom stereocenters. The number of benzene rings is 1. The molecule has 0 spiro atoms. The highest BCUT2D eigenvalue weighted by atomic mass is 19.4. The number of rotatable bonds is 6. The summed E-state index contributed by atoms with van der Waals surface area (Å²) in [4.78, 5) is 27.4. The number of hydrogen-bond acceptors (Lipinski definition) is 3. The molecular formula is C20H19F6N3O3. The van der Waals surface area contributed by atoms with Gasteiger partial charge in [-0.25, -0.2) is 9.59 Å². The zero-order valence-electron chi connectivity index (χ0n) is 16.8. The summed E-state index contributed by atoms with van der Waals surface area (Å²) in [6, 6.07) is 0.793. The number of aliphatic carboxylic acids is 1. The van der Waals surface area contributed by atoms with Gasteiger partial charge < -0.3 is 15.7 Å². The van der Waals surface area contributed by atoms with Crippen molar-refractivity contribution in [2.45, 2.75) is 38.3 Å². The minimum Gasteiger partial charge on any atom is -0.480 e. The first-order valence-corrected chi connectivity index (χ1v) is 9.21. The van der Waals surface area contributed by atoms with Crippen LogP contribution in [0.4, 0.5) is 31.1 Å². The lowest BCUT2D eigenvalue weighted by molar-refractivity contribution is -0.140. The molecule has 6 nitrogen and oxygen atoms in total. The van der Waals surface area contributed by atoms with Crippen LogP contribution in [0, 0.1) is 5.92 Å². The largest absolute Gasteiger partial charge is 0.480 e. The molecule has 32 heavy (non-hydrogen) atoms. The van der Waals surface area contributed by atoms with Crippen LogP contribution in [0.25, 0.3) is 0 Å². The molecule has 12 heteroatoms. The summed E-state index contributed by atoms with van der Waals surface area (Å²) >= 11 is 0. The van der Waals surface area contributed by atoms with E-state index < -0.39 is 59.2 Å². The lowest BCUT2D eigenvalue weighted by Crippen LogP contribution is -2.49. The fourth-order valence-electron chi connectivity index (χ4n) is 2.89. The van der Waals surface area contributed by atoms with Crippen LogP contribution >= 0.6 is 0 Å². The smallest absolute Gasteiger partial charge is 0.418 e. The summed E-state index contributed by atoms with van der Waals surface area (Å²) in [5.74, 6) is -1.92. The fraction of sp³-hybridized carbons (Fsp3) is 0.350. The average Bonchev–Trinajstić information content (AvgIpc) is 2.68. The van der Waals surface area contributed by atoms with Gasteiger partial charge in [-0.05, 0) is 35.7 Å². The standard InChI is InChI=1S/C20H19F6N3O3/c1-10(2)14(17(30)31)28-18(32)29-15(11-5-7-12(8-6-11)19(21,22)23)16-13(20(24,25)26)4-3-9-27-16/h3-10,14-15H,1-2H3,(H,30,31)(H2,28,29,32)/t14?,15-/m0/s1. The number of carbonyl (C=O) groups is 2.